The van der Waals surface area contributed by atoms with E-state index in [1.165, 1.54) is 6.42 Å². The molecule has 126 valence electrons. The second-order valence-electron chi connectivity index (χ2n) is 6.63. The van der Waals surface area contributed by atoms with Gasteiger partial charge in [-0.1, -0.05) is 19.3 Å². The molecule has 0 aromatic rings. The average molecular weight is 310 g/mol. The summed E-state index contributed by atoms with van der Waals surface area (Å²) in [7, 11) is 1.84. The molecular formula is C16H30N4O2. The molecule has 6 nitrogen and oxygen atoms in total. The van der Waals surface area contributed by atoms with E-state index in [2.05, 4.69) is 15.6 Å². The first-order valence-corrected chi connectivity index (χ1v) is 8.53. The lowest BCUT2D eigenvalue weighted by atomic mass is 9.85. The van der Waals surface area contributed by atoms with Crippen molar-refractivity contribution in [2.45, 2.75) is 63.5 Å². The molecule has 2 fully saturated rings. The Morgan fingerprint density at radius 3 is 2.77 bits per heavy atom. The molecule has 22 heavy (non-hydrogen) atoms. The Morgan fingerprint density at radius 2 is 2.14 bits per heavy atom. The van der Waals surface area contributed by atoms with Gasteiger partial charge < -0.3 is 20.6 Å². The Morgan fingerprint density at radius 1 is 1.41 bits per heavy atom. The fraction of sp³-hybridized carbons (Fsp3) is 0.875. The standard InChI is InChI=1S/C16H30N4O2/c1-3-17-15(18-12-16(22)9-5-4-6-10-16)19-13-7-8-14(21)20(2)11-13/h13,22H,3-12H2,1-2H3,(H2,17,18,19). The molecule has 0 spiro atoms. The fourth-order valence-corrected chi connectivity index (χ4v) is 3.24. The van der Waals surface area contributed by atoms with E-state index in [1.54, 1.807) is 4.90 Å². The van der Waals surface area contributed by atoms with Crippen LogP contribution >= 0.6 is 0 Å². The number of carbonyl (C=O) groups is 1. The maximum Gasteiger partial charge on any atom is 0.222 e. The Kier molecular flexibility index (Phi) is 6.06. The van der Waals surface area contributed by atoms with Crippen LogP contribution in [0.3, 0.4) is 0 Å². The summed E-state index contributed by atoms with van der Waals surface area (Å²) < 4.78 is 0. The van der Waals surface area contributed by atoms with E-state index >= 15 is 0 Å². The molecule has 6 heteroatoms. The lowest BCUT2D eigenvalue weighted by Crippen LogP contribution is -2.52. The van der Waals surface area contributed by atoms with E-state index in [4.69, 9.17) is 0 Å². The summed E-state index contributed by atoms with van der Waals surface area (Å²) in [5, 5.41) is 17.2. The first-order valence-electron chi connectivity index (χ1n) is 8.53. The number of carbonyl (C=O) groups excluding carboxylic acids is 1. The number of piperidine rings is 1. The lowest BCUT2D eigenvalue weighted by Gasteiger charge is -2.32. The number of aliphatic imine (C=N–C) groups is 1. The molecule has 1 aliphatic carbocycles. The molecule has 1 amide bonds. The molecule has 1 unspecified atom stereocenters. The summed E-state index contributed by atoms with van der Waals surface area (Å²) in [6, 6.07) is 0.224. The summed E-state index contributed by atoms with van der Waals surface area (Å²) in [5.41, 5.74) is -0.639. The van der Waals surface area contributed by atoms with Crippen LogP contribution in [-0.2, 0) is 4.79 Å². The molecule has 0 radical (unpaired) electrons. The van der Waals surface area contributed by atoms with Crippen molar-refractivity contribution in [2.75, 3.05) is 26.7 Å². The Hall–Kier alpha value is -1.30. The number of nitrogens with one attached hydrogen (secondary N) is 2. The zero-order valence-corrected chi connectivity index (χ0v) is 13.9. The van der Waals surface area contributed by atoms with Crippen molar-refractivity contribution in [2.24, 2.45) is 4.99 Å². The van der Waals surface area contributed by atoms with Crippen LogP contribution in [-0.4, -0.2) is 60.2 Å². The molecule has 1 atom stereocenters. The topological polar surface area (TPSA) is 77.0 Å². The predicted molar refractivity (Wildman–Crippen MR) is 87.8 cm³/mol. The first-order chi connectivity index (χ1) is 10.5. The van der Waals surface area contributed by atoms with Crippen molar-refractivity contribution >= 4 is 11.9 Å². The van der Waals surface area contributed by atoms with Gasteiger partial charge in [0.05, 0.1) is 12.1 Å². The van der Waals surface area contributed by atoms with Gasteiger partial charge in [-0.3, -0.25) is 9.79 Å². The van der Waals surface area contributed by atoms with E-state index in [0.717, 1.165) is 44.6 Å². The van der Waals surface area contributed by atoms with Crippen molar-refractivity contribution in [3.8, 4) is 0 Å². The SMILES string of the molecule is CCNC(=NCC1(O)CCCCC1)NC1CCC(=O)N(C)C1. The van der Waals surface area contributed by atoms with Gasteiger partial charge in [0.2, 0.25) is 5.91 Å². The molecule has 2 aliphatic rings. The molecule has 2 rings (SSSR count). The molecular weight excluding hydrogens is 280 g/mol. The zero-order chi connectivity index (χ0) is 16.0. The minimum Gasteiger partial charge on any atom is -0.388 e. The van der Waals surface area contributed by atoms with Crippen LogP contribution in [0.2, 0.25) is 0 Å². The van der Waals surface area contributed by atoms with E-state index < -0.39 is 5.60 Å². The molecule has 0 aromatic heterocycles. The summed E-state index contributed by atoms with van der Waals surface area (Å²) in [6.45, 7) is 3.96. The third-order valence-corrected chi connectivity index (χ3v) is 4.63. The van der Waals surface area contributed by atoms with E-state index in [-0.39, 0.29) is 11.9 Å². The van der Waals surface area contributed by atoms with Crippen molar-refractivity contribution in [3.05, 3.63) is 0 Å². The molecule has 3 N–H and O–H groups in total. The number of amides is 1. The van der Waals surface area contributed by atoms with Crippen LogP contribution in [0.4, 0.5) is 0 Å². The highest BCUT2D eigenvalue weighted by molar-refractivity contribution is 5.81. The molecule has 1 saturated carbocycles. The van der Waals surface area contributed by atoms with Crippen molar-refractivity contribution in [1.29, 1.82) is 0 Å². The van der Waals surface area contributed by atoms with Crippen LogP contribution in [0, 0.1) is 0 Å². The van der Waals surface area contributed by atoms with Crippen LogP contribution in [0.1, 0.15) is 51.9 Å². The molecule has 1 aliphatic heterocycles. The number of rotatable bonds is 4. The number of likely N-dealkylation sites (tertiary alicyclic amines) is 1. The Labute approximate surface area is 133 Å². The highest BCUT2D eigenvalue weighted by Crippen LogP contribution is 2.28. The van der Waals surface area contributed by atoms with Gasteiger partial charge in [0, 0.05) is 32.6 Å². The molecule has 1 saturated heterocycles. The summed E-state index contributed by atoms with van der Waals surface area (Å²) in [6.07, 6.45) is 6.49. The van der Waals surface area contributed by atoms with E-state index in [9.17, 15) is 9.90 Å². The summed E-state index contributed by atoms with van der Waals surface area (Å²) in [5.74, 6) is 0.950. The molecule has 0 aromatic carbocycles. The van der Waals surface area contributed by atoms with E-state index in [1.807, 2.05) is 14.0 Å². The average Bonchev–Trinajstić information content (AvgIpc) is 2.50. The normalized spacial score (nSPS) is 26.0. The predicted octanol–water partition coefficient (Wildman–Crippen LogP) is 0.857. The number of hydrogen-bond acceptors (Lipinski definition) is 3. The first kappa shape index (κ1) is 17.1. The largest absolute Gasteiger partial charge is 0.388 e. The van der Waals surface area contributed by atoms with Crippen LogP contribution in [0.25, 0.3) is 0 Å². The van der Waals surface area contributed by atoms with Gasteiger partial charge in [-0.25, -0.2) is 0 Å². The van der Waals surface area contributed by atoms with Gasteiger partial charge in [0.15, 0.2) is 5.96 Å². The number of nitrogens with zero attached hydrogens (tertiary/aromatic N) is 2. The smallest absolute Gasteiger partial charge is 0.222 e. The highest BCUT2D eigenvalue weighted by Gasteiger charge is 2.29. The quantitative estimate of drug-likeness (QED) is 0.532. The van der Waals surface area contributed by atoms with Gasteiger partial charge in [-0.05, 0) is 26.2 Å². The number of hydrogen-bond donors (Lipinski definition) is 3. The second-order valence-corrected chi connectivity index (χ2v) is 6.63. The third kappa shape index (κ3) is 4.87. The summed E-state index contributed by atoms with van der Waals surface area (Å²) in [4.78, 5) is 17.9. The van der Waals surface area contributed by atoms with Crippen LogP contribution < -0.4 is 10.6 Å². The minimum absolute atomic E-state index is 0.205. The number of aliphatic hydroxyl groups is 1. The number of guanidine groups is 1. The molecule has 0 bridgehead atoms. The van der Waals surface area contributed by atoms with Crippen molar-refractivity contribution in [1.82, 2.24) is 15.5 Å². The lowest BCUT2D eigenvalue weighted by molar-refractivity contribution is -0.132. The third-order valence-electron chi connectivity index (χ3n) is 4.63. The van der Waals surface area contributed by atoms with Gasteiger partial charge in [-0.2, -0.15) is 0 Å². The maximum atomic E-state index is 11.5. The molecule has 1 heterocycles. The number of likely N-dealkylation sites (N-methyl/N-ethyl adjacent to an activating group) is 1. The minimum atomic E-state index is -0.639. The maximum absolute atomic E-state index is 11.5. The van der Waals surface area contributed by atoms with Crippen LogP contribution in [0.15, 0.2) is 4.99 Å². The second kappa shape index (κ2) is 7.81. The monoisotopic (exact) mass is 310 g/mol. The summed E-state index contributed by atoms with van der Waals surface area (Å²) >= 11 is 0. The Bertz CT molecular complexity index is 405. The van der Waals surface area contributed by atoms with Crippen molar-refractivity contribution in [3.63, 3.8) is 0 Å². The highest BCUT2D eigenvalue weighted by atomic mass is 16.3. The fourth-order valence-electron chi connectivity index (χ4n) is 3.24. The Balaban J connectivity index is 1.91. The zero-order valence-electron chi connectivity index (χ0n) is 13.9. The van der Waals surface area contributed by atoms with Gasteiger partial charge in [-0.15, -0.1) is 0 Å². The van der Waals surface area contributed by atoms with Gasteiger partial charge in [0.25, 0.3) is 0 Å². The van der Waals surface area contributed by atoms with Crippen LogP contribution in [0.5, 0.6) is 0 Å². The van der Waals surface area contributed by atoms with Gasteiger partial charge in [0.1, 0.15) is 0 Å². The van der Waals surface area contributed by atoms with Crippen molar-refractivity contribution < 1.29 is 9.90 Å². The van der Waals surface area contributed by atoms with Gasteiger partial charge >= 0.3 is 0 Å². The van der Waals surface area contributed by atoms with E-state index in [0.29, 0.717) is 19.5 Å².